The quantitative estimate of drug-likeness (QED) is 0.721. The third kappa shape index (κ3) is 2.96. The number of hydrogen-bond donors (Lipinski definition) is 1. The zero-order valence-corrected chi connectivity index (χ0v) is 17.0. The van der Waals surface area contributed by atoms with Gasteiger partial charge in [0.1, 0.15) is 5.58 Å². The smallest absolute Gasteiger partial charge is 0.290 e. The Bertz CT molecular complexity index is 1170. The second kappa shape index (κ2) is 7.10. The maximum absolute atomic E-state index is 13.5. The predicted octanol–water partition coefficient (Wildman–Crippen LogP) is 3.70. The predicted molar refractivity (Wildman–Crippen MR) is 114 cm³/mol. The van der Waals surface area contributed by atoms with E-state index in [4.69, 9.17) is 4.42 Å². The standard InChI is InChI=1S/C25H25NO4/c1-16-7-9-19-20(28)12-22(30-21(19)11-16)24(29)26-18-8-10-23(26)25(14-18,15-27)13-17-5-3-2-4-6-17/h2-7,9,11-12,18,23,27H,8,10,13-15H2,1H3/t18-,23+,25-/m1/s1. The lowest BCUT2D eigenvalue weighted by atomic mass is 9.70. The minimum absolute atomic E-state index is 0.0354. The summed E-state index contributed by atoms with van der Waals surface area (Å²) in [5, 5.41) is 10.9. The van der Waals surface area contributed by atoms with Crippen LogP contribution in [0.4, 0.5) is 0 Å². The van der Waals surface area contributed by atoms with Crippen LogP contribution < -0.4 is 5.43 Å². The molecule has 0 spiro atoms. The normalized spacial score (nSPS) is 25.2. The van der Waals surface area contributed by atoms with Crippen LogP contribution in [0.5, 0.6) is 0 Å². The molecular weight excluding hydrogens is 378 g/mol. The molecule has 0 aliphatic carbocycles. The number of carbonyl (C=O) groups excluding carboxylic acids is 1. The average Bonchev–Trinajstić information content (AvgIpc) is 3.29. The molecule has 30 heavy (non-hydrogen) atoms. The van der Waals surface area contributed by atoms with Gasteiger partial charge in [-0.2, -0.15) is 0 Å². The molecule has 5 heteroatoms. The number of nitrogens with zero attached hydrogens (tertiary/aromatic N) is 1. The molecule has 2 aliphatic rings. The molecule has 0 unspecified atom stereocenters. The summed E-state index contributed by atoms with van der Waals surface area (Å²) >= 11 is 0. The van der Waals surface area contributed by atoms with Gasteiger partial charge in [0, 0.05) is 23.6 Å². The van der Waals surface area contributed by atoms with Gasteiger partial charge in [-0.3, -0.25) is 9.59 Å². The van der Waals surface area contributed by atoms with Crippen molar-refractivity contribution in [3.63, 3.8) is 0 Å². The highest BCUT2D eigenvalue weighted by Crippen LogP contribution is 2.51. The molecule has 0 saturated carbocycles. The van der Waals surface area contributed by atoms with E-state index in [1.807, 2.05) is 36.1 Å². The summed E-state index contributed by atoms with van der Waals surface area (Å²) < 4.78 is 5.89. The van der Waals surface area contributed by atoms with Crippen molar-refractivity contribution in [2.45, 2.75) is 44.7 Å². The molecule has 5 nitrogen and oxygen atoms in total. The van der Waals surface area contributed by atoms with Crippen LogP contribution in [-0.4, -0.2) is 34.6 Å². The molecule has 154 valence electrons. The highest BCUT2D eigenvalue weighted by molar-refractivity contribution is 5.94. The summed E-state index contributed by atoms with van der Waals surface area (Å²) in [5.74, 6) is -0.158. The zero-order valence-electron chi connectivity index (χ0n) is 17.0. The van der Waals surface area contributed by atoms with Crippen molar-refractivity contribution in [1.29, 1.82) is 0 Å². The first-order valence-electron chi connectivity index (χ1n) is 10.5. The van der Waals surface area contributed by atoms with E-state index in [0.29, 0.717) is 11.0 Å². The van der Waals surface area contributed by atoms with E-state index < -0.39 is 0 Å². The van der Waals surface area contributed by atoms with Crippen LogP contribution in [0, 0.1) is 12.3 Å². The van der Waals surface area contributed by atoms with Gasteiger partial charge in [0.15, 0.2) is 11.2 Å². The van der Waals surface area contributed by atoms with Crippen molar-refractivity contribution < 1.29 is 14.3 Å². The second-order valence-corrected chi connectivity index (χ2v) is 8.82. The number of rotatable bonds is 4. The second-order valence-electron chi connectivity index (χ2n) is 8.82. The van der Waals surface area contributed by atoms with Gasteiger partial charge in [0.05, 0.1) is 12.0 Å². The number of amides is 1. The Kier molecular flexibility index (Phi) is 4.51. The SMILES string of the molecule is Cc1ccc2c(=O)cc(C(=O)N3[C@@H]4CC[C@H]3[C@](CO)(Cc3ccccc3)C4)oc2c1. The minimum atomic E-state index is -0.354. The van der Waals surface area contributed by atoms with E-state index in [-0.39, 0.29) is 41.2 Å². The van der Waals surface area contributed by atoms with E-state index >= 15 is 0 Å². The molecule has 2 bridgehead atoms. The largest absolute Gasteiger partial charge is 0.451 e. The maximum Gasteiger partial charge on any atom is 0.290 e. The van der Waals surface area contributed by atoms with Crippen molar-refractivity contribution >= 4 is 16.9 Å². The Morgan fingerprint density at radius 1 is 1.17 bits per heavy atom. The number of benzene rings is 2. The first-order chi connectivity index (χ1) is 14.5. The molecule has 1 N–H and O–H groups in total. The van der Waals surface area contributed by atoms with Gasteiger partial charge < -0.3 is 14.4 Å². The van der Waals surface area contributed by atoms with Crippen molar-refractivity contribution in [1.82, 2.24) is 4.90 Å². The Balaban J connectivity index is 1.50. The highest BCUT2D eigenvalue weighted by Gasteiger charge is 2.57. The minimum Gasteiger partial charge on any atom is -0.451 e. The third-order valence-electron chi connectivity index (χ3n) is 6.90. The van der Waals surface area contributed by atoms with Gasteiger partial charge in [-0.05, 0) is 55.9 Å². The molecule has 3 heterocycles. The summed E-state index contributed by atoms with van der Waals surface area (Å²) in [7, 11) is 0. The molecule has 3 aromatic rings. The van der Waals surface area contributed by atoms with Crippen LogP contribution in [0.2, 0.25) is 0 Å². The van der Waals surface area contributed by atoms with E-state index in [1.165, 1.54) is 11.6 Å². The van der Waals surface area contributed by atoms with E-state index in [2.05, 4.69) is 12.1 Å². The summed E-state index contributed by atoms with van der Waals surface area (Å²) in [5.41, 5.74) is 2.02. The Labute approximate surface area is 174 Å². The Morgan fingerprint density at radius 2 is 1.97 bits per heavy atom. The average molecular weight is 403 g/mol. The summed E-state index contributed by atoms with van der Waals surface area (Å²) in [6, 6.07) is 16.8. The maximum atomic E-state index is 13.5. The van der Waals surface area contributed by atoms with Gasteiger partial charge in [0.25, 0.3) is 5.91 Å². The van der Waals surface area contributed by atoms with Gasteiger partial charge in [-0.15, -0.1) is 0 Å². The summed E-state index contributed by atoms with van der Waals surface area (Å²) in [6.45, 7) is 1.96. The fourth-order valence-electron chi connectivity index (χ4n) is 5.51. The molecule has 2 fully saturated rings. The van der Waals surface area contributed by atoms with Crippen molar-refractivity contribution in [3.8, 4) is 0 Å². The van der Waals surface area contributed by atoms with Gasteiger partial charge in [0.2, 0.25) is 0 Å². The fraction of sp³-hybridized carbons (Fsp3) is 0.360. The highest BCUT2D eigenvalue weighted by atomic mass is 16.3. The lowest BCUT2D eigenvalue weighted by Gasteiger charge is -2.36. The molecule has 1 amide bonds. The van der Waals surface area contributed by atoms with Gasteiger partial charge in [-0.1, -0.05) is 36.4 Å². The molecule has 2 aromatic carbocycles. The lowest BCUT2D eigenvalue weighted by molar-refractivity contribution is 0.0547. The van der Waals surface area contributed by atoms with Crippen LogP contribution in [0.1, 0.15) is 40.9 Å². The Morgan fingerprint density at radius 3 is 2.73 bits per heavy atom. The van der Waals surface area contributed by atoms with Crippen LogP contribution >= 0.6 is 0 Å². The number of aliphatic hydroxyl groups is 1. The summed E-state index contributed by atoms with van der Waals surface area (Å²) in [6.07, 6.45) is 3.28. The van der Waals surface area contributed by atoms with Crippen LogP contribution in [0.3, 0.4) is 0 Å². The van der Waals surface area contributed by atoms with Crippen LogP contribution in [-0.2, 0) is 6.42 Å². The monoisotopic (exact) mass is 403 g/mol. The fourth-order valence-corrected chi connectivity index (χ4v) is 5.51. The molecule has 1 aromatic heterocycles. The first-order valence-corrected chi connectivity index (χ1v) is 10.5. The van der Waals surface area contributed by atoms with Crippen LogP contribution in [0.15, 0.2) is 63.8 Å². The first kappa shape index (κ1) is 19.1. The van der Waals surface area contributed by atoms with Crippen molar-refractivity contribution in [2.24, 2.45) is 5.41 Å². The number of fused-ring (bicyclic) bond motifs is 3. The van der Waals surface area contributed by atoms with Gasteiger partial charge in [-0.25, -0.2) is 0 Å². The van der Waals surface area contributed by atoms with Crippen molar-refractivity contribution in [3.05, 3.63) is 81.7 Å². The number of hydrogen-bond acceptors (Lipinski definition) is 4. The lowest BCUT2D eigenvalue weighted by Crippen LogP contribution is -2.44. The summed E-state index contributed by atoms with van der Waals surface area (Å²) in [4.78, 5) is 27.9. The van der Waals surface area contributed by atoms with Crippen LogP contribution in [0.25, 0.3) is 11.0 Å². The number of aliphatic hydroxyl groups excluding tert-OH is 1. The molecule has 5 rings (SSSR count). The molecule has 3 atom stereocenters. The van der Waals surface area contributed by atoms with Gasteiger partial charge >= 0.3 is 0 Å². The van der Waals surface area contributed by atoms with E-state index in [1.54, 1.807) is 12.1 Å². The third-order valence-corrected chi connectivity index (χ3v) is 6.90. The number of carbonyl (C=O) groups is 1. The van der Waals surface area contributed by atoms with E-state index in [0.717, 1.165) is 31.2 Å². The molecule has 0 radical (unpaired) electrons. The van der Waals surface area contributed by atoms with E-state index in [9.17, 15) is 14.7 Å². The number of aryl methyl sites for hydroxylation is 1. The topological polar surface area (TPSA) is 70.8 Å². The molecule has 2 aliphatic heterocycles. The zero-order chi connectivity index (χ0) is 20.9. The van der Waals surface area contributed by atoms with Crippen molar-refractivity contribution in [2.75, 3.05) is 6.61 Å². The molecular formula is C25H25NO4. The Hall–Kier alpha value is -2.92. The molecule has 2 saturated heterocycles.